The molecule has 5 heteroatoms. The average molecular weight is 254 g/mol. The Morgan fingerprint density at radius 1 is 1.33 bits per heavy atom. The van der Waals surface area contributed by atoms with Gasteiger partial charge in [-0.1, -0.05) is 12.8 Å². The number of carbonyl (C=O) groups is 2. The van der Waals surface area contributed by atoms with Gasteiger partial charge in [0.15, 0.2) is 0 Å². The maximum atomic E-state index is 12.2. The molecule has 1 N–H and O–H groups in total. The van der Waals surface area contributed by atoms with E-state index < -0.39 is 11.1 Å². The van der Waals surface area contributed by atoms with Gasteiger partial charge in [0.1, 0.15) is 11.1 Å². The van der Waals surface area contributed by atoms with Crippen molar-refractivity contribution in [1.29, 1.82) is 0 Å². The van der Waals surface area contributed by atoms with Crippen LogP contribution in [0.4, 0.5) is 4.79 Å². The van der Waals surface area contributed by atoms with Crippen molar-refractivity contribution < 1.29 is 14.3 Å². The van der Waals surface area contributed by atoms with Crippen LogP contribution in [0.5, 0.6) is 0 Å². The minimum Gasteiger partial charge on any atom is -0.444 e. The van der Waals surface area contributed by atoms with Gasteiger partial charge in [-0.15, -0.1) is 0 Å². The molecule has 2 fully saturated rings. The predicted molar refractivity (Wildman–Crippen MR) is 67.1 cm³/mol. The molecule has 0 bridgehead atoms. The number of rotatable bonds is 0. The highest BCUT2D eigenvalue weighted by Gasteiger charge is 2.51. The molecule has 0 aromatic heterocycles. The van der Waals surface area contributed by atoms with Crippen molar-refractivity contribution in [1.82, 2.24) is 10.2 Å². The summed E-state index contributed by atoms with van der Waals surface area (Å²) in [4.78, 5) is 26.0. The molecule has 1 aliphatic heterocycles. The number of hydrogen-bond acceptors (Lipinski definition) is 3. The van der Waals surface area contributed by atoms with Crippen LogP contribution in [-0.2, 0) is 9.53 Å². The number of nitrogens with one attached hydrogen (secondary N) is 1. The fourth-order valence-corrected chi connectivity index (χ4v) is 2.82. The molecule has 5 nitrogen and oxygen atoms in total. The maximum absolute atomic E-state index is 12.2. The molecule has 0 aromatic carbocycles. The highest BCUT2D eigenvalue weighted by Crippen LogP contribution is 2.37. The fourth-order valence-electron chi connectivity index (χ4n) is 2.82. The Morgan fingerprint density at radius 3 is 2.50 bits per heavy atom. The van der Waals surface area contributed by atoms with E-state index in [2.05, 4.69) is 5.32 Å². The van der Waals surface area contributed by atoms with Gasteiger partial charge in [0.05, 0.1) is 0 Å². The van der Waals surface area contributed by atoms with Crippen molar-refractivity contribution in [2.45, 2.75) is 57.6 Å². The van der Waals surface area contributed by atoms with Gasteiger partial charge in [-0.2, -0.15) is 0 Å². The van der Waals surface area contributed by atoms with E-state index in [0.29, 0.717) is 13.1 Å². The van der Waals surface area contributed by atoms with E-state index in [-0.39, 0.29) is 12.0 Å². The highest BCUT2D eigenvalue weighted by atomic mass is 16.6. The zero-order valence-corrected chi connectivity index (χ0v) is 11.4. The summed E-state index contributed by atoms with van der Waals surface area (Å²) < 4.78 is 5.42. The number of hydrogen-bond donors (Lipinski definition) is 1. The van der Waals surface area contributed by atoms with Crippen LogP contribution in [0.2, 0.25) is 0 Å². The third kappa shape index (κ3) is 2.31. The van der Waals surface area contributed by atoms with Crippen molar-refractivity contribution in [2.75, 3.05) is 13.1 Å². The molecule has 18 heavy (non-hydrogen) atoms. The molecule has 1 spiro atoms. The number of amides is 2. The van der Waals surface area contributed by atoms with Crippen molar-refractivity contribution in [2.24, 2.45) is 0 Å². The van der Waals surface area contributed by atoms with Crippen LogP contribution < -0.4 is 5.32 Å². The second kappa shape index (κ2) is 4.44. The quantitative estimate of drug-likeness (QED) is 0.715. The van der Waals surface area contributed by atoms with Crippen LogP contribution in [-0.4, -0.2) is 41.1 Å². The molecule has 0 aromatic rings. The van der Waals surface area contributed by atoms with Crippen LogP contribution in [0, 0.1) is 0 Å². The Labute approximate surface area is 108 Å². The Bertz CT molecular complexity index is 354. The van der Waals surface area contributed by atoms with Crippen LogP contribution in [0.3, 0.4) is 0 Å². The van der Waals surface area contributed by atoms with Gasteiger partial charge in [0.25, 0.3) is 0 Å². The zero-order valence-electron chi connectivity index (χ0n) is 11.4. The van der Waals surface area contributed by atoms with Crippen LogP contribution in [0.1, 0.15) is 46.5 Å². The summed E-state index contributed by atoms with van der Waals surface area (Å²) >= 11 is 0. The van der Waals surface area contributed by atoms with Gasteiger partial charge in [0.2, 0.25) is 5.91 Å². The largest absolute Gasteiger partial charge is 0.444 e. The van der Waals surface area contributed by atoms with Crippen molar-refractivity contribution in [3.05, 3.63) is 0 Å². The molecule has 2 amide bonds. The number of carbonyl (C=O) groups excluding carboxylic acids is 2. The first-order chi connectivity index (χ1) is 8.35. The molecule has 102 valence electrons. The van der Waals surface area contributed by atoms with Gasteiger partial charge in [-0.25, -0.2) is 4.79 Å². The lowest BCUT2D eigenvalue weighted by Gasteiger charge is -2.43. The minimum atomic E-state index is -0.652. The molecule has 1 saturated carbocycles. The minimum absolute atomic E-state index is 0.0166. The molecule has 1 aliphatic carbocycles. The molecule has 2 aliphatic rings. The monoisotopic (exact) mass is 254 g/mol. The molecule has 0 unspecified atom stereocenters. The molecule has 1 heterocycles. The molecule has 1 saturated heterocycles. The lowest BCUT2D eigenvalue weighted by molar-refractivity contribution is -0.136. The smallest absolute Gasteiger partial charge is 0.411 e. The Kier molecular flexibility index (Phi) is 3.25. The molecular formula is C13H22N2O3. The summed E-state index contributed by atoms with van der Waals surface area (Å²) in [6, 6.07) is 0. The lowest BCUT2D eigenvalue weighted by Crippen LogP contribution is -2.65. The van der Waals surface area contributed by atoms with E-state index in [1.165, 1.54) is 0 Å². The van der Waals surface area contributed by atoms with E-state index in [4.69, 9.17) is 4.74 Å². The first kappa shape index (κ1) is 13.2. The number of piperazine rings is 1. The highest BCUT2D eigenvalue weighted by molar-refractivity contribution is 5.91. The second-order valence-electron chi connectivity index (χ2n) is 6.13. The van der Waals surface area contributed by atoms with Crippen LogP contribution in [0.25, 0.3) is 0 Å². The van der Waals surface area contributed by atoms with Gasteiger partial charge >= 0.3 is 6.09 Å². The average Bonchev–Trinajstić information content (AvgIpc) is 2.70. The van der Waals surface area contributed by atoms with Crippen molar-refractivity contribution in [3.8, 4) is 0 Å². The molecule has 0 radical (unpaired) electrons. The van der Waals surface area contributed by atoms with E-state index in [9.17, 15) is 9.59 Å². The Balaban J connectivity index is 2.19. The molecule has 2 rings (SSSR count). The van der Waals surface area contributed by atoms with E-state index in [1.54, 1.807) is 4.90 Å². The summed E-state index contributed by atoms with van der Waals surface area (Å²) in [6.45, 7) is 6.59. The lowest BCUT2D eigenvalue weighted by atomic mass is 9.92. The molecular weight excluding hydrogens is 232 g/mol. The number of ether oxygens (including phenoxy) is 1. The third-order valence-corrected chi connectivity index (χ3v) is 3.60. The summed E-state index contributed by atoms with van der Waals surface area (Å²) in [7, 11) is 0. The zero-order chi connectivity index (χ0) is 13.4. The van der Waals surface area contributed by atoms with Crippen molar-refractivity contribution in [3.63, 3.8) is 0 Å². The fraction of sp³-hybridized carbons (Fsp3) is 0.846. The maximum Gasteiger partial charge on any atom is 0.411 e. The van der Waals surface area contributed by atoms with E-state index >= 15 is 0 Å². The van der Waals surface area contributed by atoms with Gasteiger partial charge in [-0.3, -0.25) is 9.69 Å². The second-order valence-corrected chi connectivity index (χ2v) is 6.13. The van der Waals surface area contributed by atoms with Crippen molar-refractivity contribution >= 4 is 12.0 Å². The third-order valence-electron chi connectivity index (χ3n) is 3.60. The normalized spacial score (nSPS) is 23.1. The van der Waals surface area contributed by atoms with Crippen LogP contribution >= 0.6 is 0 Å². The first-order valence-corrected chi connectivity index (χ1v) is 6.64. The molecule has 0 atom stereocenters. The van der Waals surface area contributed by atoms with E-state index in [1.807, 2.05) is 20.8 Å². The predicted octanol–water partition coefficient (Wildman–Crippen LogP) is 1.67. The van der Waals surface area contributed by atoms with Gasteiger partial charge < -0.3 is 10.1 Å². The number of nitrogens with zero attached hydrogens (tertiary/aromatic N) is 1. The van der Waals surface area contributed by atoms with Gasteiger partial charge in [0, 0.05) is 13.1 Å². The standard InChI is InChI=1S/C13H22N2O3/c1-12(2,3)18-11(17)15-9-8-14-10(16)13(15)6-4-5-7-13/h4-9H2,1-3H3,(H,14,16). The van der Waals surface area contributed by atoms with Crippen LogP contribution in [0.15, 0.2) is 0 Å². The topological polar surface area (TPSA) is 58.6 Å². The Morgan fingerprint density at radius 2 is 1.94 bits per heavy atom. The van der Waals surface area contributed by atoms with Gasteiger partial charge in [-0.05, 0) is 33.6 Å². The summed E-state index contributed by atoms with van der Waals surface area (Å²) in [5, 5.41) is 2.87. The first-order valence-electron chi connectivity index (χ1n) is 6.64. The summed E-state index contributed by atoms with van der Waals surface area (Å²) in [5.41, 5.74) is -1.18. The summed E-state index contributed by atoms with van der Waals surface area (Å²) in [5.74, 6) is -0.0166. The van der Waals surface area contributed by atoms with E-state index in [0.717, 1.165) is 25.7 Å². The Hall–Kier alpha value is -1.26. The summed E-state index contributed by atoms with van der Waals surface area (Å²) in [6.07, 6.45) is 3.12. The SMILES string of the molecule is CC(C)(C)OC(=O)N1CCNC(=O)C12CCCC2.